The third-order valence-corrected chi connectivity index (χ3v) is 5.36. The number of nitro benzene ring substituents is 1. The summed E-state index contributed by atoms with van der Waals surface area (Å²) in [6.45, 7) is 6.36. The van der Waals surface area contributed by atoms with Crippen molar-refractivity contribution in [3.63, 3.8) is 0 Å². The van der Waals surface area contributed by atoms with E-state index >= 15 is 0 Å². The van der Waals surface area contributed by atoms with Gasteiger partial charge in [-0.3, -0.25) is 19.7 Å². The maximum Gasteiger partial charge on any atom is 0.311 e. The number of nitrogens with zero attached hydrogens (tertiary/aromatic N) is 2. The number of rotatable bonds is 13. The number of carbonyl (C=O) groups excluding carboxylic acids is 2. The van der Waals surface area contributed by atoms with Gasteiger partial charge in [-0.05, 0) is 31.4 Å². The van der Waals surface area contributed by atoms with Crippen LogP contribution in [-0.2, 0) is 16.1 Å². The minimum Gasteiger partial charge on any atom is -0.490 e. The molecule has 0 aliphatic carbocycles. The summed E-state index contributed by atoms with van der Waals surface area (Å²) in [5.74, 6) is -0.273. The van der Waals surface area contributed by atoms with E-state index in [2.05, 4.69) is 5.32 Å². The van der Waals surface area contributed by atoms with Crippen molar-refractivity contribution in [1.29, 1.82) is 0 Å². The molecule has 0 radical (unpaired) electrons. The van der Waals surface area contributed by atoms with Gasteiger partial charge in [0.25, 0.3) is 5.91 Å². The summed E-state index contributed by atoms with van der Waals surface area (Å²) in [4.78, 5) is 38.2. The van der Waals surface area contributed by atoms with Gasteiger partial charge in [-0.15, -0.1) is 0 Å². The molecule has 0 aliphatic rings. The lowest BCUT2D eigenvalue weighted by atomic mass is 10.1. The lowest BCUT2D eigenvalue weighted by Crippen LogP contribution is -2.50. The highest BCUT2D eigenvalue weighted by Crippen LogP contribution is 2.30. The van der Waals surface area contributed by atoms with E-state index in [9.17, 15) is 19.7 Å². The van der Waals surface area contributed by atoms with Gasteiger partial charge in [-0.1, -0.05) is 50.1 Å². The highest BCUT2D eigenvalue weighted by molar-refractivity contribution is 5.88. The van der Waals surface area contributed by atoms with Gasteiger partial charge in [0.15, 0.2) is 6.61 Å². The van der Waals surface area contributed by atoms with E-state index in [1.165, 1.54) is 30.2 Å². The van der Waals surface area contributed by atoms with Crippen molar-refractivity contribution < 1.29 is 24.0 Å². The highest BCUT2D eigenvalue weighted by Gasteiger charge is 2.29. The zero-order valence-electron chi connectivity index (χ0n) is 20.2. The summed E-state index contributed by atoms with van der Waals surface area (Å²) in [5.41, 5.74) is 1.77. The molecule has 0 saturated carbocycles. The number of ether oxygens (including phenoxy) is 2. The fraction of sp³-hybridized carbons (Fsp3) is 0.440. The molecule has 0 fully saturated rings. The molecular weight excluding hydrogens is 438 g/mol. The van der Waals surface area contributed by atoms with E-state index in [1.54, 1.807) is 0 Å². The van der Waals surface area contributed by atoms with Crippen LogP contribution in [0.4, 0.5) is 5.69 Å². The van der Waals surface area contributed by atoms with Crippen molar-refractivity contribution in [2.24, 2.45) is 0 Å². The topological polar surface area (TPSA) is 111 Å². The van der Waals surface area contributed by atoms with Crippen molar-refractivity contribution in [2.45, 2.75) is 52.6 Å². The number of unbranched alkanes of at least 4 members (excludes halogenated alkanes) is 1. The first-order valence-corrected chi connectivity index (χ1v) is 11.4. The molecule has 1 atom stereocenters. The van der Waals surface area contributed by atoms with Gasteiger partial charge in [-0.25, -0.2) is 0 Å². The van der Waals surface area contributed by atoms with Crippen LogP contribution in [0, 0.1) is 17.0 Å². The third-order valence-electron chi connectivity index (χ3n) is 5.36. The molecule has 9 heteroatoms. The largest absolute Gasteiger partial charge is 0.490 e. The standard InChI is InChI=1S/C25H33N3O6/c1-5-7-13-26-25(30)21(6-2)27(16-19-10-8-9-18(3)14-19)24(29)17-34-20-11-12-22(28(31)32)23(15-20)33-4/h8-12,14-15,21H,5-7,13,16-17H2,1-4H3,(H,26,30). The Morgan fingerprint density at radius 1 is 1.18 bits per heavy atom. The van der Waals surface area contributed by atoms with Crippen LogP contribution in [0.2, 0.25) is 0 Å². The van der Waals surface area contributed by atoms with E-state index in [0.717, 1.165) is 24.0 Å². The van der Waals surface area contributed by atoms with Crippen LogP contribution >= 0.6 is 0 Å². The minimum absolute atomic E-state index is 0.0355. The normalized spacial score (nSPS) is 11.4. The number of nitro groups is 1. The first-order valence-electron chi connectivity index (χ1n) is 11.4. The lowest BCUT2D eigenvalue weighted by molar-refractivity contribution is -0.385. The maximum atomic E-state index is 13.3. The Bertz CT molecular complexity index is 994. The van der Waals surface area contributed by atoms with Crippen LogP contribution in [0.5, 0.6) is 11.5 Å². The van der Waals surface area contributed by atoms with Gasteiger partial charge in [0.1, 0.15) is 11.8 Å². The Hall–Kier alpha value is -3.62. The number of amides is 2. The molecule has 1 N–H and O–H groups in total. The zero-order valence-corrected chi connectivity index (χ0v) is 20.2. The summed E-state index contributed by atoms with van der Waals surface area (Å²) in [7, 11) is 1.32. The summed E-state index contributed by atoms with van der Waals surface area (Å²) < 4.78 is 10.7. The molecule has 34 heavy (non-hydrogen) atoms. The average Bonchev–Trinajstić information content (AvgIpc) is 2.82. The van der Waals surface area contributed by atoms with Crippen LogP contribution in [0.1, 0.15) is 44.2 Å². The number of hydrogen-bond donors (Lipinski definition) is 1. The number of aryl methyl sites for hydroxylation is 1. The van der Waals surface area contributed by atoms with E-state index < -0.39 is 11.0 Å². The van der Waals surface area contributed by atoms with Crippen molar-refractivity contribution in [3.8, 4) is 11.5 Å². The van der Waals surface area contributed by atoms with E-state index in [-0.39, 0.29) is 42.2 Å². The van der Waals surface area contributed by atoms with Gasteiger partial charge in [0.2, 0.25) is 11.7 Å². The lowest BCUT2D eigenvalue weighted by Gasteiger charge is -2.30. The zero-order chi connectivity index (χ0) is 25.1. The van der Waals surface area contributed by atoms with Crippen LogP contribution in [0.3, 0.4) is 0 Å². The third kappa shape index (κ3) is 7.47. The summed E-state index contributed by atoms with van der Waals surface area (Å²) in [6, 6.07) is 11.2. The molecule has 0 spiro atoms. The Labute approximate surface area is 200 Å². The van der Waals surface area contributed by atoms with Gasteiger partial charge >= 0.3 is 5.69 Å². The van der Waals surface area contributed by atoms with Gasteiger partial charge in [0.05, 0.1) is 12.0 Å². The summed E-state index contributed by atoms with van der Waals surface area (Å²) >= 11 is 0. The molecule has 0 aliphatic heterocycles. The highest BCUT2D eigenvalue weighted by atomic mass is 16.6. The predicted octanol–water partition coefficient (Wildman–Crippen LogP) is 4.01. The molecule has 2 rings (SSSR count). The molecule has 2 amide bonds. The molecule has 9 nitrogen and oxygen atoms in total. The van der Waals surface area contributed by atoms with E-state index in [0.29, 0.717) is 13.0 Å². The van der Waals surface area contributed by atoms with Crippen LogP contribution in [0.15, 0.2) is 42.5 Å². The molecule has 2 aromatic carbocycles. The molecule has 0 bridgehead atoms. The fourth-order valence-electron chi connectivity index (χ4n) is 3.56. The first kappa shape index (κ1) is 26.6. The maximum absolute atomic E-state index is 13.3. The van der Waals surface area contributed by atoms with Crippen LogP contribution in [-0.4, -0.2) is 47.9 Å². The smallest absolute Gasteiger partial charge is 0.311 e. The second-order valence-corrected chi connectivity index (χ2v) is 7.96. The molecule has 0 aromatic heterocycles. The Kier molecular flexibility index (Phi) is 10.3. The minimum atomic E-state index is -0.653. The number of carbonyl (C=O) groups is 2. The fourth-order valence-corrected chi connectivity index (χ4v) is 3.56. The van der Waals surface area contributed by atoms with E-state index in [4.69, 9.17) is 9.47 Å². The molecule has 2 aromatic rings. The Morgan fingerprint density at radius 3 is 2.56 bits per heavy atom. The summed E-state index contributed by atoms with van der Waals surface area (Å²) in [6.07, 6.45) is 2.26. The van der Waals surface area contributed by atoms with Gasteiger partial charge in [0, 0.05) is 25.2 Å². The van der Waals surface area contributed by atoms with Crippen molar-refractivity contribution in [3.05, 3.63) is 63.7 Å². The number of methoxy groups -OCH3 is 1. The summed E-state index contributed by atoms with van der Waals surface area (Å²) in [5, 5.41) is 14.0. The molecule has 0 heterocycles. The number of benzene rings is 2. The SMILES string of the molecule is CCCCNC(=O)C(CC)N(Cc1cccc(C)c1)C(=O)COc1ccc([N+](=O)[O-])c(OC)c1. The van der Waals surface area contributed by atoms with Gasteiger partial charge in [-0.2, -0.15) is 0 Å². The quantitative estimate of drug-likeness (QED) is 0.268. The van der Waals surface area contributed by atoms with Crippen molar-refractivity contribution in [1.82, 2.24) is 10.2 Å². The molecule has 184 valence electrons. The van der Waals surface area contributed by atoms with E-state index in [1.807, 2.05) is 45.0 Å². The molecule has 0 saturated heterocycles. The van der Waals surface area contributed by atoms with Crippen molar-refractivity contribution >= 4 is 17.5 Å². The number of hydrogen-bond acceptors (Lipinski definition) is 6. The van der Waals surface area contributed by atoms with Crippen LogP contribution in [0.25, 0.3) is 0 Å². The predicted molar refractivity (Wildman–Crippen MR) is 129 cm³/mol. The van der Waals surface area contributed by atoms with Crippen LogP contribution < -0.4 is 14.8 Å². The second kappa shape index (κ2) is 13.2. The Morgan fingerprint density at radius 2 is 1.94 bits per heavy atom. The van der Waals surface area contributed by atoms with Gasteiger partial charge < -0.3 is 19.7 Å². The number of nitrogens with one attached hydrogen (secondary N) is 1. The monoisotopic (exact) mass is 471 g/mol. The molecular formula is C25H33N3O6. The average molecular weight is 472 g/mol. The Balaban J connectivity index is 2.22. The molecule has 1 unspecified atom stereocenters. The van der Waals surface area contributed by atoms with Crippen molar-refractivity contribution in [2.75, 3.05) is 20.3 Å². The second-order valence-electron chi connectivity index (χ2n) is 7.96. The first-order chi connectivity index (χ1) is 16.3.